The molecule has 14 heavy (non-hydrogen) atoms. The molecule has 78 valence electrons. The maximum Gasteiger partial charge on any atom is 0.246 e. The molecule has 0 spiro atoms. The van der Waals surface area contributed by atoms with E-state index >= 15 is 0 Å². The molecule has 0 aliphatic carbocycles. The van der Waals surface area contributed by atoms with Crippen LogP contribution in [-0.2, 0) is 12.0 Å². The number of nitrogens with one attached hydrogen (secondary N) is 1. The van der Waals surface area contributed by atoms with Crippen molar-refractivity contribution >= 4 is 0 Å². The first kappa shape index (κ1) is 9.65. The number of aryl methyl sites for hydroxylation is 1. The summed E-state index contributed by atoms with van der Waals surface area (Å²) >= 11 is 0. The van der Waals surface area contributed by atoms with Gasteiger partial charge in [-0.2, -0.15) is 4.98 Å². The van der Waals surface area contributed by atoms with Crippen molar-refractivity contribution in [3.8, 4) is 0 Å². The fraction of sp³-hybridized carbons (Fsp3) is 0.800. The summed E-state index contributed by atoms with van der Waals surface area (Å²) in [5.74, 6) is 1.58. The van der Waals surface area contributed by atoms with Gasteiger partial charge in [-0.3, -0.25) is 0 Å². The highest BCUT2D eigenvalue weighted by Crippen LogP contribution is 2.28. The summed E-state index contributed by atoms with van der Waals surface area (Å²) in [5, 5.41) is 7.38. The second-order valence-corrected chi connectivity index (χ2v) is 4.13. The van der Waals surface area contributed by atoms with Gasteiger partial charge in [0, 0.05) is 6.42 Å². The largest absolute Gasteiger partial charge is 0.337 e. The van der Waals surface area contributed by atoms with E-state index in [0.29, 0.717) is 0 Å². The highest BCUT2D eigenvalue weighted by Gasteiger charge is 2.35. The number of aromatic nitrogens is 2. The number of rotatable bonds is 3. The lowest BCUT2D eigenvalue weighted by molar-refractivity contribution is 0.274. The normalized spacial score (nSPS) is 27.0. The topological polar surface area (TPSA) is 51.0 Å². The van der Waals surface area contributed by atoms with Gasteiger partial charge in [-0.25, -0.2) is 0 Å². The first-order valence-electron chi connectivity index (χ1n) is 5.33. The molecule has 0 radical (unpaired) electrons. The number of hydrogen-bond donors (Lipinski definition) is 1. The van der Waals surface area contributed by atoms with Crippen molar-refractivity contribution in [2.24, 2.45) is 0 Å². The molecule has 1 fully saturated rings. The smallest absolute Gasteiger partial charge is 0.246 e. The molecule has 1 saturated heterocycles. The molecule has 0 aromatic carbocycles. The van der Waals surface area contributed by atoms with E-state index in [1.807, 2.05) is 0 Å². The summed E-state index contributed by atoms with van der Waals surface area (Å²) in [6.07, 6.45) is 4.23. The van der Waals surface area contributed by atoms with Crippen molar-refractivity contribution in [3.63, 3.8) is 0 Å². The third kappa shape index (κ3) is 1.66. The van der Waals surface area contributed by atoms with Crippen molar-refractivity contribution in [2.75, 3.05) is 6.54 Å². The molecule has 1 N–H and O–H groups in total. The molecule has 2 heterocycles. The molecule has 1 atom stereocenters. The van der Waals surface area contributed by atoms with Crippen molar-refractivity contribution < 1.29 is 4.52 Å². The predicted molar refractivity (Wildman–Crippen MR) is 52.9 cm³/mol. The number of nitrogens with zero attached hydrogens (tertiary/aromatic N) is 2. The van der Waals surface area contributed by atoms with E-state index in [4.69, 9.17) is 4.52 Å². The van der Waals surface area contributed by atoms with Crippen LogP contribution in [-0.4, -0.2) is 16.7 Å². The minimum absolute atomic E-state index is 0.0843. The molecule has 4 nitrogen and oxygen atoms in total. The van der Waals surface area contributed by atoms with Crippen LogP contribution in [0, 0.1) is 0 Å². The van der Waals surface area contributed by atoms with E-state index in [1.165, 1.54) is 6.42 Å². The quantitative estimate of drug-likeness (QED) is 0.796. The Labute approximate surface area is 84.1 Å². The first-order chi connectivity index (χ1) is 6.74. The van der Waals surface area contributed by atoms with E-state index < -0.39 is 0 Å². The predicted octanol–water partition coefficient (Wildman–Crippen LogP) is 1.62. The summed E-state index contributed by atoms with van der Waals surface area (Å²) in [6.45, 7) is 5.29. The van der Waals surface area contributed by atoms with Crippen LogP contribution in [0.25, 0.3) is 0 Å². The minimum atomic E-state index is -0.0843. The molecule has 0 bridgehead atoms. The maximum atomic E-state index is 5.28. The zero-order chi connectivity index (χ0) is 10.0. The monoisotopic (exact) mass is 195 g/mol. The molecule has 4 heteroatoms. The average Bonchev–Trinajstić information content (AvgIpc) is 2.75. The van der Waals surface area contributed by atoms with Crippen LogP contribution in [0.2, 0.25) is 0 Å². The lowest BCUT2D eigenvalue weighted by Crippen LogP contribution is -2.33. The van der Waals surface area contributed by atoms with Gasteiger partial charge < -0.3 is 9.84 Å². The Morgan fingerprint density at radius 3 is 3.07 bits per heavy atom. The summed E-state index contributed by atoms with van der Waals surface area (Å²) in [6, 6.07) is 0. The second kappa shape index (κ2) is 3.69. The fourth-order valence-corrected chi connectivity index (χ4v) is 1.88. The Bertz CT molecular complexity index is 302. The highest BCUT2D eigenvalue weighted by molar-refractivity contribution is 5.04. The summed E-state index contributed by atoms with van der Waals surface area (Å²) in [4.78, 5) is 4.41. The molecule has 0 amide bonds. The van der Waals surface area contributed by atoms with E-state index in [-0.39, 0.29) is 5.54 Å². The Balaban J connectivity index is 2.15. The van der Waals surface area contributed by atoms with Gasteiger partial charge in [-0.1, -0.05) is 12.1 Å². The van der Waals surface area contributed by atoms with Gasteiger partial charge >= 0.3 is 0 Å². The number of hydrogen-bond acceptors (Lipinski definition) is 4. The SMILES string of the molecule is CCCc1noc(C2(C)CCCN2)n1. The Hall–Kier alpha value is -0.900. The summed E-state index contributed by atoms with van der Waals surface area (Å²) in [7, 11) is 0. The van der Waals surface area contributed by atoms with Gasteiger partial charge in [0.25, 0.3) is 0 Å². The summed E-state index contributed by atoms with van der Waals surface area (Å²) < 4.78 is 5.28. The van der Waals surface area contributed by atoms with Gasteiger partial charge in [-0.15, -0.1) is 0 Å². The van der Waals surface area contributed by atoms with Crippen LogP contribution in [0.15, 0.2) is 4.52 Å². The Kier molecular flexibility index (Phi) is 2.54. The van der Waals surface area contributed by atoms with Crippen LogP contribution in [0.5, 0.6) is 0 Å². The third-order valence-electron chi connectivity index (χ3n) is 2.78. The molecule has 1 unspecified atom stereocenters. The van der Waals surface area contributed by atoms with Gasteiger partial charge in [0.2, 0.25) is 5.89 Å². The average molecular weight is 195 g/mol. The van der Waals surface area contributed by atoms with Gasteiger partial charge in [0.15, 0.2) is 5.82 Å². The fourth-order valence-electron chi connectivity index (χ4n) is 1.88. The maximum absolute atomic E-state index is 5.28. The van der Waals surface area contributed by atoms with Crippen LogP contribution < -0.4 is 5.32 Å². The molecule has 1 aromatic heterocycles. The second-order valence-electron chi connectivity index (χ2n) is 4.13. The van der Waals surface area contributed by atoms with E-state index in [1.54, 1.807) is 0 Å². The molecule has 1 aliphatic rings. The van der Waals surface area contributed by atoms with E-state index in [0.717, 1.165) is 37.5 Å². The van der Waals surface area contributed by atoms with E-state index in [2.05, 4.69) is 29.3 Å². The van der Waals surface area contributed by atoms with Crippen LogP contribution in [0.4, 0.5) is 0 Å². The molecule has 2 rings (SSSR count). The lowest BCUT2D eigenvalue weighted by Gasteiger charge is -2.18. The highest BCUT2D eigenvalue weighted by atomic mass is 16.5. The third-order valence-corrected chi connectivity index (χ3v) is 2.78. The standard InChI is InChI=1S/C10H17N3O/c1-3-5-8-12-9(14-13-8)10(2)6-4-7-11-10/h11H,3-7H2,1-2H3. The lowest BCUT2D eigenvalue weighted by atomic mass is 10.0. The van der Waals surface area contributed by atoms with Gasteiger partial charge in [-0.05, 0) is 32.7 Å². The Morgan fingerprint density at radius 1 is 1.57 bits per heavy atom. The van der Waals surface area contributed by atoms with E-state index in [9.17, 15) is 0 Å². The molecular formula is C10H17N3O. The van der Waals surface area contributed by atoms with Crippen molar-refractivity contribution in [3.05, 3.63) is 11.7 Å². The zero-order valence-electron chi connectivity index (χ0n) is 8.84. The van der Waals surface area contributed by atoms with Crippen molar-refractivity contribution in [1.29, 1.82) is 0 Å². The Morgan fingerprint density at radius 2 is 2.43 bits per heavy atom. The molecule has 1 aliphatic heterocycles. The van der Waals surface area contributed by atoms with Crippen LogP contribution >= 0.6 is 0 Å². The van der Waals surface area contributed by atoms with Crippen LogP contribution in [0.3, 0.4) is 0 Å². The van der Waals surface area contributed by atoms with Crippen LogP contribution in [0.1, 0.15) is 44.8 Å². The first-order valence-corrected chi connectivity index (χ1v) is 5.33. The van der Waals surface area contributed by atoms with Gasteiger partial charge in [0.1, 0.15) is 0 Å². The molecular weight excluding hydrogens is 178 g/mol. The van der Waals surface area contributed by atoms with Gasteiger partial charge in [0.05, 0.1) is 5.54 Å². The zero-order valence-corrected chi connectivity index (χ0v) is 8.84. The van der Waals surface area contributed by atoms with Crippen molar-refractivity contribution in [2.45, 2.75) is 45.1 Å². The minimum Gasteiger partial charge on any atom is -0.337 e. The summed E-state index contributed by atoms with van der Waals surface area (Å²) in [5.41, 5.74) is -0.0843. The molecule has 1 aromatic rings. The molecule has 0 saturated carbocycles. The van der Waals surface area contributed by atoms with Crippen molar-refractivity contribution in [1.82, 2.24) is 15.5 Å².